The van der Waals surface area contributed by atoms with Crippen LogP contribution < -0.4 is 9.44 Å². The van der Waals surface area contributed by atoms with E-state index >= 15 is 0 Å². The third-order valence-electron chi connectivity index (χ3n) is 1.90. The molecule has 6 nitrogen and oxygen atoms in total. The van der Waals surface area contributed by atoms with Crippen LogP contribution in [-0.4, -0.2) is 21.1 Å². The number of carbonyl (C=O) groups excluding carboxylic acids is 1. The largest absolute Gasteiger partial charge is 0.449 e. The first-order valence-electron chi connectivity index (χ1n) is 5.12. The number of ether oxygens (including phenoxy) is 1. The average Bonchev–Trinajstić information content (AvgIpc) is 2.27. The van der Waals surface area contributed by atoms with Crippen molar-refractivity contribution in [3.05, 3.63) is 34.3 Å². The van der Waals surface area contributed by atoms with Crippen LogP contribution in [-0.2, 0) is 21.5 Å². The highest BCUT2D eigenvalue weighted by atomic mass is 79.9. The molecule has 0 unspecified atom stereocenters. The fourth-order valence-corrected chi connectivity index (χ4v) is 2.24. The van der Waals surface area contributed by atoms with E-state index in [0.29, 0.717) is 0 Å². The molecule has 0 aliphatic rings. The van der Waals surface area contributed by atoms with E-state index in [2.05, 4.69) is 25.4 Å². The molecular weight excluding hydrogens is 324 g/mol. The third-order valence-corrected chi connectivity index (χ3v) is 3.64. The van der Waals surface area contributed by atoms with Crippen LogP contribution in [0.15, 0.2) is 28.7 Å². The number of halogens is 1. The van der Waals surface area contributed by atoms with E-state index in [1.165, 1.54) is 0 Å². The molecule has 0 spiro atoms. The van der Waals surface area contributed by atoms with Crippen LogP contribution in [0.3, 0.4) is 0 Å². The second-order valence-corrected chi connectivity index (χ2v) is 5.59. The number of benzene rings is 1. The summed E-state index contributed by atoms with van der Waals surface area (Å²) in [5.41, 5.74) is 0.756. The number of carbonyl (C=O) groups is 1. The number of hydrogen-bond acceptors (Lipinski definition) is 4. The Hall–Kier alpha value is -1.12. The van der Waals surface area contributed by atoms with E-state index in [4.69, 9.17) is 0 Å². The minimum absolute atomic E-state index is 0.0656. The van der Waals surface area contributed by atoms with Crippen LogP contribution >= 0.6 is 15.9 Å². The standard InChI is InChI=1S/C10H13BrN2O4S/c1-2-17-10(14)13-18(15,16)12-7-8-5-3-4-6-9(8)11/h3-6,12H,2,7H2,1H3,(H,13,14). The molecule has 0 aromatic heterocycles. The van der Waals surface area contributed by atoms with Gasteiger partial charge in [0, 0.05) is 11.0 Å². The fraction of sp³-hybridized carbons (Fsp3) is 0.300. The highest BCUT2D eigenvalue weighted by molar-refractivity contribution is 9.10. The Balaban J connectivity index is 2.57. The number of rotatable bonds is 5. The van der Waals surface area contributed by atoms with Crippen molar-refractivity contribution in [2.75, 3.05) is 6.61 Å². The molecule has 0 radical (unpaired) electrons. The normalized spacial score (nSPS) is 11.0. The summed E-state index contributed by atoms with van der Waals surface area (Å²) in [6.45, 7) is 1.75. The molecule has 0 atom stereocenters. The minimum Gasteiger partial charge on any atom is -0.449 e. The second kappa shape index (κ2) is 6.72. The predicted octanol–water partition coefficient (Wildman–Crippen LogP) is 1.53. The molecule has 0 aliphatic heterocycles. The van der Waals surface area contributed by atoms with E-state index < -0.39 is 16.3 Å². The quantitative estimate of drug-likeness (QED) is 0.853. The van der Waals surface area contributed by atoms with E-state index in [9.17, 15) is 13.2 Å². The van der Waals surface area contributed by atoms with Gasteiger partial charge in [0.2, 0.25) is 0 Å². The van der Waals surface area contributed by atoms with Gasteiger partial charge in [0.25, 0.3) is 0 Å². The van der Waals surface area contributed by atoms with Gasteiger partial charge in [0.15, 0.2) is 0 Å². The molecule has 1 aromatic rings. The third kappa shape index (κ3) is 5.03. The van der Waals surface area contributed by atoms with Gasteiger partial charge in [-0.2, -0.15) is 13.1 Å². The first-order chi connectivity index (χ1) is 8.44. The second-order valence-electron chi connectivity index (χ2n) is 3.24. The number of hydrogen-bond donors (Lipinski definition) is 2. The molecule has 1 rings (SSSR count). The van der Waals surface area contributed by atoms with E-state index in [1.54, 1.807) is 29.8 Å². The lowest BCUT2D eigenvalue weighted by atomic mass is 10.2. The highest BCUT2D eigenvalue weighted by Gasteiger charge is 2.14. The van der Waals surface area contributed by atoms with Crippen LogP contribution in [0.4, 0.5) is 4.79 Å². The molecule has 0 aliphatic carbocycles. The maximum atomic E-state index is 11.5. The Morgan fingerprint density at radius 1 is 1.39 bits per heavy atom. The minimum atomic E-state index is -3.91. The maximum Gasteiger partial charge on any atom is 0.421 e. The van der Waals surface area contributed by atoms with Crippen molar-refractivity contribution in [2.24, 2.45) is 0 Å². The van der Waals surface area contributed by atoms with Crippen molar-refractivity contribution in [2.45, 2.75) is 13.5 Å². The van der Waals surface area contributed by atoms with Crippen LogP contribution in [0.5, 0.6) is 0 Å². The SMILES string of the molecule is CCOC(=O)NS(=O)(=O)NCc1ccccc1Br. The van der Waals surface area contributed by atoms with E-state index in [0.717, 1.165) is 10.0 Å². The summed E-state index contributed by atoms with van der Waals surface area (Å²) in [7, 11) is -3.91. The summed E-state index contributed by atoms with van der Waals surface area (Å²) < 4.78 is 32.1. The van der Waals surface area contributed by atoms with Gasteiger partial charge >= 0.3 is 16.3 Å². The summed E-state index contributed by atoms with van der Waals surface area (Å²) in [5.74, 6) is 0. The molecule has 18 heavy (non-hydrogen) atoms. The Labute approximate surface area is 114 Å². The molecule has 0 saturated carbocycles. The summed E-state index contributed by atoms with van der Waals surface area (Å²) in [4.78, 5) is 11.0. The first kappa shape index (κ1) is 14.9. The Kier molecular flexibility index (Phi) is 5.57. The molecule has 0 saturated heterocycles. The zero-order valence-electron chi connectivity index (χ0n) is 9.64. The molecule has 0 heterocycles. The van der Waals surface area contributed by atoms with E-state index in [1.807, 2.05) is 6.07 Å². The van der Waals surface area contributed by atoms with Gasteiger partial charge < -0.3 is 4.74 Å². The van der Waals surface area contributed by atoms with Crippen molar-refractivity contribution in [1.82, 2.24) is 9.44 Å². The summed E-state index contributed by atoms with van der Waals surface area (Å²) in [6.07, 6.45) is -1.00. The topological polar surface area (TPSA) is 84.5 Å². The molecular formula is C10H13BrN2O4S. The maximum absolute atomic E-state index is 11.5. The smallest absolute Gasteiger partial charge is 0.421 e. The molecule has 1 amide bonds. The molecule has 100 valence electrons. The molecule has 0 bridgehead atoms. The van der Waals surface area contributed by atoms with Crippen molar-refractivity contribution in [3.63, 3.8) is 0 Å². The molecule has 2 N–H and O–H groups in total. The van der Waals surface area contributed by atoms with Crippen LogP contribution in [0.1, 0.15) is 12.5 Å². The van der Waals surface area contributed by atoms with Gasteiger partial charge in [-0.15, -0.1) is 0 Å². The predicted molar refractivity (Wildman–Crippen MR) is 70.1 cm³/mol. The zero-order chi connectivity index (χ0) is 13.6. The van der Waals surface area contributed by atoms with Crippen molar-refractivity contribution in [1.29, 1.82) is 0 Å². The lowest BCUT2D eigenvalue weighted by Crippen LogP contribution is -2.40. The van der Waals surface area contributed by atoms with E-state index in [-0.39, 0.29) is 13.2 Å². The van der Waals surface area contributed by atoms with Crippen LogP contribution in [0.25, 0.3) is 0 Å². The molecule has 0 fully saturated rings. The van der Waals surface area contributed by atoms with Crippen molar-refractivity contribution < 1.29 is 17.9 Å². The molecule has 8 heteroatoms. The average molecular weight is 337 g/mol. The lowest BCUT2D eigenvalue weighted by molar-refractivity contribution is 0.158. The van der Waals surface area contributed by atoms with Crippen LogP contribution in [0.2, 0.25) is 0 Å². The zero-order valence-corrected chi connectivity index (χ0v) is 12.0. The summed E-state index contributed by atoms with van der Waals surface area (Å²) >= 11 is 3.29. The lowest BCUT2D eigenvalue weighted by Gasteiger charge is -2.09. The Bertz CT molecular complexity index is 518. The van der Waals surface area contributed by atoms with Gasteiger partial charge in [-0.1, -0.05) is 34.1 Å². The summed E-state index contributed by atoms with van der Waals surface area (Å²) in [6, 6.07) is 7.16. The van der Waals surface area contributed by atoms with Gasteiger partial charge in [0.05, 0.1) is 6.61 Å². The Morgan fingerprint density at radius 2 is 2.06 bits per heavy atom. The van der Waals surface area contributed by atoms with Gasteiger partial charge in [0.1, 0.15) is 0 Å². The van der Waals surface area contributed by atoms with Gasteiger partial charge in [-0.3, -0.25) is 0 Å². The van der Waals surface area contributed by atoms with Gasteiger partial charge in [-0.25, -0.2) is 9.52 Å². The first-order valence-corrected chi connectivity index (χ1v) is 7.40. The highest BCUT2D eigenvalue weighted by Crippen LogP contribution is 2.15. The number of nitrogens with one attached hydrogen (secondary N) is 2. The summed E-state index contributed by atoms with van der Waals surface area (Å²) in [5, 5.41) is 0. The monoisotopic (exact) mass is 336 g/mol. The fourth-order valence-electron chi connectivity index (χ4n) is 1.12. The van der Waals surface area contributed by atoms with Crippen molar-refractivity contribution in [3.8, 4) is 0 Å². The molecule has 1 aromatic carbocycles. The van der Waals surface area contributed by atoms with Crippen LogP contribution in [0, 0.1) is 0 Å². The van der Waals surface area contributed by atoms with Crippen molar-refractivity contribution >= 4 is 32.2 Å². The Morgan fingerprint density at radius 3 is 2.67 bits per heavy atom. The number of amides is 1. The van der Waals surface area contributed by atoms with Gasteiger partial charge in [-0.05, 0) is 18.6 Å².